The number of hydrazone groups is 1. The van der Waals surface area contributed by atoms with Gasteiger partial charge in [0.2, 0.25) is 0 Å². The van der Waals surface area contributed by atoms with Gasteiger partial charge in [-0.15, -0.1) is 16.4 Å². The first kappa shape index (κ1) is 7.11. The van der Waals surface area contributed by atoms with Crippen molar-refractivity contribution in [3.63, 3.8) is 0 Å². The second-order valence-corrected chi connectivity index (χ2v) is 2.96. The van der Waals surface area contributed by atoms with Gasteiger partial charge >= 0.3 is 0 Å². The first-order chi connectivity index (χ1) is 5.97. The minimum Gasteiger partial charge on any atom is -0.178 e. The molecule has 0 aliphatic carbocycles. The van der Waals surface area contributed by atoms with Crippen molar-refractivity contribution in [3.8, 4) is 0 Å². The van der Waals surface area contributed by atoms with Crippen LogP contribution in [0.15, 0.2) is 38.2 Å². The van der Waals surface area contributed by atoms with Crippen LogP contribution in [0, 0.1) is 0 Å². The molecule has 1 aliphatic heterocycles. The predicted octanol–water partition coefficient (Wildman–Crippen LogP) is 1.41. The van der Waals surface area contributed by atoms with Crippen molar-refractivity contribution in [2.24, 2.45) is 20.6 Å². The van der Waals surface area contributed by atoms with Crippen LogP contribution < -0.4 is 5.53 Å². The molecule has 5 nitrogen and oxygen atoms in total. The van der Waals surface area contributed by atoms with Crippen LogP contribution in [0.25, 0.3) is 0 Å². The standard InChI is InChI=1S/C6H5N5S/c1-2-6(12-3-1)5-4-7-9-11-10-8-5/h1-4H,(H,9,10). The van der Waals surface area contributed by atoms with E-state index in [1.165, 1.54) is 0 Å². The molecule has 0 unspecified atom stereocenters. The first-order valence-corrected chi connectivity index (χ1v) is 4.14. The van der Waals surface area contributed by atoms with Gasteiger partial charge in [-0.2, -0.15) is 10.6 Å². The van der Waals surface area contributed by atoms with E-state index in [9.17, 15) is 0 Å². The summed E-state index contributed by atoms with van der Waals surface area (Å²) in [7, 11) is 0. The van der Waals surface area contributed by atoms with E-state index in [1.807, 2.05) is 17.5 Å². The van der Waals surface area contributed by atoms with Gasteiger partial charge in [0, 0.05) is 0 Å². The third kappa shape index (κ3) is 1.37. The molecule has 0 radical (unpaired) electrons. The van der Waals surface area contributed by atoms with Crippen molar-refractivity contribution in [1.29, 1.82) is 0 Å². The molecule has 0 amide bonds. The molecule has 1 N–H and O–H groups in total. The molecule has 0 spiro atoms. The second kappa shape index (κ2) is 3.22. The third-order valence-corrected chi connectivity index (χ3v) is 2.15. The van der Waals surface area contributed by atoms with Crippen molar-refractivity contribution in [1.82, 2.24) is 5.53 Å². The smallest absolute Gasteiger partial charge is 0.125 e. The molecular formula is C6H5N5S. The molecule has 0 atom stereocenters. The van der Waals surface area contributed by atoms with Gasteiger partial charge in [-0.1, -0.05) is 6.07 Å². The molecular weight excluding hydrogens is 174 g/mol. The lowest BCUT2D eigenvalue weighted by atomic mass is 10.3. The number of hydrogen-bond donors (Lipinski definition) is 1. The van der Waals surface area contributed by atoms with Crippen LogP contribution in [-0.2, 0) is 0 Å². The minimum absolute atomic E-state index is 0.721. The summed E-state index contributed by atoms with van der Waals surface area (Å²) in [5.74, 6) is 0. The average molecular weight is 179 g/mol. The fourth-order valence-electron chi connectivity index (χ4n) is 0.769. The molecule has 12 heavy (non-hydrogen) atoms. The van der Waals surface area contributed by atoms with Crippen LogP contribution in [0.3, 0.4) is 0 Å². The lowest BCUT2D eigenvalue weighted by Gasteiger charge is -1.88. The van der Waals surface area contributed by atoms with E-state index in [4.69, 9.17) is 0 Å². The van der Waals surface area contributed by atoms with Crippen LogP contribution >= 0.6 is 11.3 Å². The highest BCUT2D eigenvalue weighted by molar-refractivity contribution is 7.12. The quantitative estimate of drug-likeness (QED) is 0.696. The summed E-state index contributed by atoms with van der Waals surface area (Å²) in [5, 5.41) is 16.5. The Balaban J connectivity index is 2.34. The average Bonchev–Trinajstić information content (AvgIpc) is 2.48. The van der Waals surface area contributed by atoms with Crippen LogP contribution in [0.5, 0.6) is 0 Å². The zero-order chi connectivity index (χ0) is 8.23. The number of nitrogens with zero attached hydrogens (tertiary/aromatic N) is 4. The summed E-state index contributed by atoms with van der Waals surface area (Å²) in [6.07, 6.45) is 1.59. The first-order valence-electron chi connectivity index (χ1n) is 3.26. The summed E-state index contributed by atoms with van der Waals surface area (Å²) < 4.78 is 0. The van der Waals surface area contributed by atoms with Gasteiger partial charge in [-0.25, -0.2) is 0 Å². The van der Waals surface area contributed by atoms with Crippen molar-refractivity contribution in [2.45, 2.75) is 0 Å². The molecule has 0 fully saturated rings. The lowest BCUT2D eigenvalue weighted by Crippen LogP contribution is -2.00. The zero-order valence-electron chi connectivity index (χ0n) is 6.01. The Labute approximate surface area is 72.5 Å². The Morgan fingerprint density at radius 1 is 1.42 bits per heavy atom. The lowest BCUT2D eigenvalue weighted by molar-refractivity contribution is 0.733. The van der Waals surface area contributed by atoms with Crippen molar-refractivity contribution >= 4 is 23.3 Å². The number of thiophene rings is 1. The van der Waals surface area contributed by atoms with Crippen LogP contribution in [0.4, 0.5) is 0 Å². The molecule has 1 aliphatic rings. The molecule has 0 saturated carbocycles. The molecule has 0 bridgehead atoms. The van der Waals surface area contributed by atoms with Crippen LogP contribution in [-0.4, -0.2) is 11.9 Å². The van der Waals surface area contributed by atoms with E-state index in [-0.39, 0.29) is 0 Å². The largest absolute Gasteiger partial charge is 0.178 e. The van der Waals surface area contributed by atoms with E-state index in [2.05, 4.69) is 26.2 Å². The topological polar surface area (TPSA) is 61.5 Å². The van der Waals surface area contributed by atoms with E-state index < -0.39 is 0 Å². The molecule has 2 rings (SSSR count). The van der Waals surface area contributed by atoms with Crippen LogP contribution in [0.2, 0.25) is 0 Å². The maximum absolute atomic E-state index is 3.84. The van der Waals surface area contributed by atoms with Gasteiger partial charge in [0.15, 0.2) is 0 Å². The third-order valence-electron chi connectivity index (χ3n) is 1.26. The molecule has 6 heteroatoms. The van der Waals surface area contributed by atoms with E-state index in [0.29, 0.717) is 0 Å². The fraction of sp³-hybridized carbons (Fsp3) is 0. The van der Waals surface area contributed by atoms with E-state index in [1.54, 1.807) is 17.6 Å². The van der Waals surface area contributed by atoms with E-state index in [0.717, 1.165) is 10.6 Å². The van der Waals surface area contributed by atoms with E-state index >= 15 is 0 Å². The Morgan fingerprint density at radius 2 is 2.42 bits per heavy atom. The maximum atomic E-state index is 3.84. The molecule has 1 aromatic heterocycles. The summed E-state index contributed by atoms with van der Waals surface area (Å²) >= 11 is 1.59. The van der Waals surface area contributed by atoms with Crippen molar-refractivity contribution < 1.29 is 0 Å². The minimum atomic E-state index is 0.721. The van der Waals surface area contributed by atoms with Gasteiger partial charge in [-0.05, 0) is 21.9 Å². The maximum Gasteiger partial charge on any atom is 0.125 e. The highest BCUT2D eigenvalue weighted by Gasteiger charge is 2.02. The van der Waals surface area contributed by atoms with Crippen molar-refractivity contribution in [3.05, 3.63) is 22.4 Å². The molecule has 60 valence electrons. The van der Waals surface area contributed by atoms with Gasteiger partial charge in [0.1, 0.15) is 5.71 Å². The fourth-order valence-corrected chi connectivity index (χ4v) is 1.44. The number of hydrogen-bond acceptors (Lipinski definition) is 6. The summed E-state index contributed by atoms with van der Waals surface area (Å²) in [4.78, 5) is 1.03. The molecule has 1 aromatic rings. The van der Waals surface area contributed by atoms with Crippen molar-refractivity contribution in [2.75, 3.05) is 0 Å². The summed E-state index contributed by atoms with van der Waals surface area (Å²) in [6, 6.07) is 3.90. The second-order valence-electron chi connectivity index (χ2n) is 2.01. The Morgan fingerprint density at radius 3 is 3.25 bits per heavy atom. The zero-order valence-corrected chi connectivity index (χ0v) is 6.82. The van der Waals surface area contributed by atoms with Gasteiger partial charge in [-0.3, -0.25) is 0 Å². The Bertz CT molecular complexity index is 337. The summed E-state index contributed by atoms with van der Waals surface area (Å²) in [5.41, 5.74) is 3.08. The van der Waals surface area contributed by atoms with Crippen LogP contribution in [0.1, 0.15) is 4.88 Å². The highest BCUT2D eigenvalue weighted by atomic mass is 32.1. The molecule has 0 aromatic carbocycles. The molecule has 0 saturated heterocycles. The summed E-state index contributed by atoms with van der Waals surface area (Å²) in [6.45, 7) is 0. The number of nitrogens with one attached hydrogen (secondary N) is 1. The molecule has 2 heterocycles. The van der Waals surface area contributed by atoms with Gasteiger partial charge in [0.05, 0.1) is 11.1 Å². The Kier molecular flexibility index (Phi) is 1.91. The predicted molar refractivity (Wildman–Crippen MR) is 47.3 cm³/mol. The SMILES string of the molecule is C1=NNN=NN=C1c1cccs1. The highest BCUT2D eigenvalue weighted by Crippen LogP contribution is 2.09. The van der Waals surface area contributed by atoms with Gasteiger partial charge < -0.3 is 0 Å². The van der Waals surface area contributed by atoms with Gasteiger partial charge in [0.25, 0.3) is 0 Å². The monoisotopic (exact) mass is 179 g/mol. The Hall–Kier alpha value is -1.56. The normalized spacial score (nSPS) is 15.2. The number of rotatable bonds is 1.